The summed E-state index contributed by atoms with van der Waals surface area (Å²) in [5.41, 5.74) is 5.80. The first-order valence-corrected chi connectivity index (χ1v) is 10.8. The quantitative estimate of drug-likeness (QED) is 0.313. The van der Waals surface area contributed by atoms with Crippen LogP contribution in [0.5, 0.6) is 11.5 Å². The van der Waals surface area contributed by atoms with Crippen LogP contribution in [0.1, 0.15) is 11.1 Å². The predicted octanol–water partition coefficient (Wildman–Crippen LogP) is 5.64. The molecule has 0 saturated heterocycles. The zero-order valence-electron chi connectivity index (χ0n) is 17.0. The number of halogens is 2. The molecule has 0 radical (unpaired) electrons. The van der Waals surface area contributed by atoms with Crippen molar-refractivity contribution < 1.29 is 9.47 Å². The van der Waals surface area contributed by atoms with Gasteiger partial charge in [0.1, 0.15) is 6.61 Å². The van der Waals surface area contributed by atoms with Gasteiger partial charge in [-0.05, 0) is 42.0 Å². The van der Waals surface area contributed by atoms with Crippen LogP contribution in [0, 0.1) is 4.77 Å². The highest BCUT2D eigenvalue weighted by Crippen LogP contribution is 2.34. The molecule has 2 heterocycles. The number of benzene rings is 2. The van der Waals surface area contributed by atoms with Crippen molar-refractivity contribution in [2.24, 2.45) is 0 Å². The molecule has 164 valence electrons. The monoisotopic (exact) mass is 487 g/mol. The summed E-state index contributed by atoms with van der Waals surface area (Å²) in [6.07, 6.45) is 3.39. The Bertz CT molecular complexity index is 1280. The molecule has 4 rings (SSSR count). The van der Waals surface area contributed by atoms with E-state index >= 15 is 0 Å². The molecule has 0 spiro atoms. The third kappa shape index (κ3) is 4.88. The average Bonchev–Trinajstić information content (AvgIpc) is 3.18. The molecule has 32 heavy (non-hydrogen) atoms. The highest BCUT2D eigenvalue weighted by atomic mass is 35.5. The minimum Gasteiger partial charge on any atom is -0.493 e. The van der Waals surface area contributed by atoms with Gasteiger partial charge in [-0.15, -0.1) is 0 Å². The minimum atomic E-state index is 0.295. The van der Waals surface area contributed by atoms with Crippen LogP contribution in [0.4, 0.5) is 0 Å². The lowest BCUT2D eigenvalue weighted by Gasteiger charge is -2.16. The summed E-state index contributed by atoms with van der Waals surface area (Å²) in [5, 5.41) is 8.26. The van der Waals surface area contributed by atoms with Crippen LogP contribution in [0.3, 0.4) is 0 Å². The standard InChI is InChI=1S/C22H19Cl2N5O2S/c1-30-19-10-16(18(24)11-20(19)31-13-15-4-2-3-5-17(15)23)12-26-29-21(27-28-22(29)32)14-6-8-25-9-7-14/h2-11,26H,12-13H2,1H3,(H,28,32). The molecule has 0 aliphatic heterocycles. The lowest BCUT2D eigenvalue weighted by Crippen LogP contribution is -2.16. The van der Waals surface area contributed by atoms with E-state index in [4.69, 9.17) is 44.9 Å². The van der Waals surface area contributed by atoms with E-state index in [0.717, 1.165) is 16.7 Å². The van der Waals surface area contributed by atoms with E-state index in [9.17, 15) is 0 Å². The highest BCUT2D eigenvalue weighted by Gasteiger charge is 2.14. The third-order valence-electron chi connectivity index (χ3n) is 4.71. The Morgan fingerprint density at radius 1 is 1.03 bits per heavy atom. The third-order valence-corrected chi connectivity index (χ3v) is 5.71. The van der Waals surface area contributed by atoms with Crippen molar-refractivity contribution in [2.45, 2.75) is 13.2 Å². The maximum absolute atomic E-state index is 6.54. The molecule has 0 aliphatic carbocycles. The van der Waals surface area contributed by atoms with Crippen molar-refractivity contribution in [3.8, 4) is 22.9 Å². The van der Waals surface area contributed by atoms with Crippen molar-refractivity contribution in [1.29, 1.82) is 0 Å². The van der Waals surface area contributed by atoms with Crippen LogP contribution in [-0.2, 0) is 13.2 Å². The van der Waals surface area contributed by atoms with Gasteiger partial charge < -0.3 is 14.9 Å². The Morgan fingerprint density at radius 2 is 1.81 bits per heavy atom. The van der Waals surface area contributed by atoms with Gasteiger partial charge in [0.2, 0.25) is 4.77 Å². The van der Waals surface area contributed by atoms with Gasteiger partial charge in [0.15, 0.2) is 17.3 Å². The molecule has 0 atom stereocenters. The number of aromatic amines is 1. The van der Waals surface area contributed by atoms with E-state index in [0.29, 0.717) is 45.3 Å². The number of aromatic nitrogens is 4. The van der Waals surface area contributed by atoms with Crippen LogP contribution in [0.2, 0.25) is 10.0 Å². The molecule has 0 saturated carbocycles. The van der Waals surface area contributed by atoms with Crippen LogP contribution in [0.15, 0.2) is 60.9 Å². The first-order valence-electron chi connectivity index (χ1n) is 9.61. The van der Waals surface area contributed by atoms with E-state index < -0.39 is 0 Å². The summed E-state index contributed by atoms with van der Waals surface area (Å²) < 4.78 is 13.6. The number of pyridine rings is 1. The minimum absolute atomic E-state index is 0.295. The van der Waals surface area contributed by atoms with Crippen molar-refractivity contribution >= 4 is 35.4 Å². The molecule has 0 fully saturated rings. The number of ether oxygens (including phenoxy) is 2. The van der Waals surface area contributed by atoms with E-state index in [2.05, 4.69) is 20.6 Å². The lowest BCUT2D eigenvalue weighted by molar-refractivity contribution is 0.284. The second-order valence-electron chi connectivity index (χ2n) is 6.73. The first-order chi connectivity index (χ1) is 15.6. The lowest BCUT2D eigenvalue weighted by atomic mass is 10.2. The van der Waals surface area contributed by atoms with E-state index in [1.807, 2.05) is 42.5 Å². The van der Waals surface area contributed by atoms with Crippen LogP contribution >= 0.6 is 35.4 Å². The van der Waals surface area contributed by atoms with Crippen molar-refractivity contribution in [3.05, 3.63) is 86.9 Å². The smallest absolute Gasteiger partial charge is 0.214 e. The van der Waals surface area contributed by atoms with Gasteiger partial charge in [0.05, 0.1) is 13.7 Å². The fourth-order valence-corrected chi connectivity index (χ4v) is 3.67. The number of rotatable bonds is 8. The fourth-order valence-electron chi connectivity index (χ4n) is 3.06. The van der Waals surface area contributed by atoms with Crippen LogP contribution in [0.25, 0.3) is 11.4 Å². The van der Waals surface area contributed by atoms with Gasteiger partial charge in [-0.3, -0.25) is 4.98 Å². The second-order valence-corrected chi connectivity index (χ2v) is 7.93. The maximum Gasteiger partial charge on any atom is 0.214 e. The molecule has 4 aromatic rings. The topological polar surface area (TPSA) is 77.0 Å². The molecular formula is C22H19Cl2N5O2S. The number of hydrogen-bond donors (Lipinski definition) is 2. The highest BCUT2D eigenvalue weighted by molar-refractivity contribution is 7.71. The predicted molar refractivity (Wildman–Crippen MR) is 127 cm³/mol. The molecule has 0 aliphatic rings. The van der Waals surface area contributed by atoms with Gasteiger partial charge in [-0.2, -0.15) is 5.10 Å². The van der Waals surface area contributed by atoms with Crippen molar-refractivity contribution in [2.75, 3.05) is 12.5 Å². The first kappa shape index (κ1) is 22.1. The average molecular weight is 488 g/mol. The van der Waals surface area contributed by atoms with E-state index in [1.54, 1.807) is 30.2 Å². The summed E-state index contributed by atoms with van der Waals surface area (Å²) >= 11 is 18.1. The maximum atomic E-state index is 6.54. The number of nitrogens with zero attached hydrogens (tertiary/aromatic N) is 3. The molecule has 2 N–H and O–H groups in total. The van der Waals surface area contributed by atoms with Gasteiger partial charge in [0.25, 0.3) is 0 Å². The molecule has 7 nitrogen and oxygen atoms in total. The molecule has 0 unspecified atom stereocenters. The Morgan fingerprint density at radius 3 is 2.56 bits per heavy atom. The van der Waals surface area contributed by atoms with Crippen LogP contribution in [-0.4, -0.2) is 27.0 Å². The Hall–Kier alpha value is -3.07. The molecule has 2 aromatic carbocycles. The molecule has 0 bridgehead atoms. The number of hydrogen-bond acceptors (Lipinski definition) is 6. The zero-order chi connectivity index (χ0) is 22.5. The molecule has 0 amide bonds. The number of H-pyrrole nitrogens is 1. The molecule has 2 aromatic heterocycles. The van der Waals surface area contributed by atoms with E-state index in [1.165, 1.54) is 0 Å². The van der Waals surface area contributed by atoms with Crippen molar-refractivity contribution in [1.82, 2.24) is 19.9 Å². The summed E-state index contributed by atoms with van der Waals surface area (Å²) in [5.74, 6) is 1.72. The fraction of sp³-hybridized carbons (Fsp3) is 0.136. The van der Waals surface area contributed by atoms with Gasteiger partial charge >= 0.3 is 0 Å². The summed E-state index contributed by atoms with van der Waals surface area (Å²) in [6.45, 7) is 0.676. The summed E-state index contributed by atoms with van der Waals surface area (Å²) in [4.78, 5) is 4.03. The summed E-state index contributed by atoms with van der Waals surface area (Å²) in [6, 6.07) is 14.8. The molecule has 10 heteroatoms. The Labute approximate surface area is 199 Å². The number of nitrogens with one attached hydrogen (secondary N) is 2. The second kappa shape index (κ2) is 10.0. The zero-order valence-corrected chi connectivity index (χ0v) is 19.3. The van der Waals surface area contributed by atoms with E-state index in [-0.39, 0.29) is 0 Å². The van der Waals surface area contributed by atoms with Gasteiger partial charge in [0, 0.05) is 39.6 Å². The van der Waals surface area contributed by atoms with Gasteiger partial charge in [-0.25, -0.2) is 9.77 Å². The van der Waals surface area contributed by atoms with Crippen molar-refractivity contribution in [3.63, 3.8) is 0 Å². The Kier molecular flexibility index (Phi) is 6.94. The number of methoxy groups -OCH3 is 1. The summed E-state index contributed by atoms with van der Waals surface area (Å²) in [7, 11) is 1.58. The molecular weight excluding hydrogens is 469 g/mol. The Balaban J connectivity index is 1.53. The largest absolute Gasteiger partial charge is 0.493 e. The van der Waals surface area contributed by atoms with Gasteiger partial charge in [-0.1, -0.05) is 41.4 Å². The van der Waals surface area contributed by atoms with Crippen LogP contribution < -0.4 is 14.9 Å². The normalized spacial score (nSPS) is 10.7. The SMILES string of the molecule is COc1cc(CNn2c(-c3ccncc3)n[nH]c2=S)c(Cl)cc1OCc1ccccc1Cl.